The minimum atomic E-state index is -0.995. The summed E-state index contributed by atoms with van der Waals surface area (Å²) in [6.07, 6.45) is 6.08. The van der Waals surface area contributed by atoms with Gasteiger partial charge in [-0.2, -0.15) is 5.10 Å². The van der Waals surface area contributed by atoms with Crippen molar-refractivity contribution in [2.24, 2.45) is 16.2 Å². The number of nitrogens with zero attached hydrogens (tertiary/aromatic N) is 3. The number of hydrogen-bond donors (Lipinski definition) is 0. The molecule has 0 amide bonds. The van der Waals surface area contributed by atoms with E-state index in [1.165, 1.54) is 6.33 Å². The van der Waals surface area contributed by atoms with Gasteiger partial charge in [0.1, 0.15) is 19.2 Å². The summed E-state index contributed by atoms with van der Waals surface area (Å²) in [5.74, 6) is -2.56. The Kier molecular flexibility index (Phi) is 16.9. The summed E-state index contributed by atoms with van der Waals surface area (Å²) >= 11 is 36.8. The minimum absolute atomic E-state index is 0.0136. The molecule has 3 fully saturated rings. The number of benzene rings is 3. The van der Waals surface area contributed by atoms with Crippen LogP contribution in [0, 0.1) is 16.2 Å². The first-order valence-electron chi connectivity index (χ1n) is 20.8. The molecule has 6 atom stereocenters. The van der Waals surface area contributed by atoms with Gasteiger partial charge in [0.25, 0.3) is 0 Å². The van der Waals surface area contributed by atoms with Gasteiger partial charge >= 0.3 is 0 Å². The standard InChI is InChI=1S/C17H21Cl2N3O2.2C15H20Cl2O2/c1-16(2,3)7-13-8-23-17(24-13,9-22-11-20-10-21-22)14-5-4-12(18)6-15(14)19;2*1-14(2,3)8-11-9-18-15(4,19-11)12-6-5-10(16)7-13(12)17/h4-6,10-11,13H,7-9H2,1-3H3;2*5-7,11H,8-9H2,1-4H3/t13-,17-;11-,15+;11-,15-/m111/s1. The van der Waals surface area contributed by atoms with Crippen LogP contribution in [-0.4, -0.2) is 52.9 Å². The van der Waals surface area contributed by atoms with Crippen LogP contribution < -0.4 is 0 Å². The average molecular weight is 977 g/mol. The molecule has 3 aromatic carbocycles. The Morgan fingerprint density at radius 2 is 0.919 bits per heavy atom. The molecule has 3 aliphatic heterocycles. The van der Waals surface area contributed by atoms with Crippen LogP contribution in [0.25, 0.3) is 0 Å². The highest BCUT2D eigenvalue weighted by atomic mass is 35.5. The Morgan fingerprint density at radius 1 is 0.548 bits per heavy atom. The van der Waals surface area contributed by atoms with Gasteiger partial charge in [0.2, 0.25) is 5.79 Å². The van der Waals surface area contributed by atoms with Crippen LogP contribution in [0.4, 0.5) is 0 Å². The quantitative estimate of drug-likeness (QED) is 0.173. The highest BCUT2D eigenvalue weighted by Crippen LogP contribution is 2.44. The molecule has 0 N–H and O–H groups in total. The van der Waals surface area contributed by atoms with E-state index in [2.05, 4.69) is 72.4 Å². The van der Waals surface area contributed by atoms with Gasteiger partial charge in [-0.05, 0) is 85.8 Å². The van der Waals surface area contributed by atoms with Crippen LogP contribution >= 0.6 is 69.6 Å². The van der Waals surface area contributed by atoms with Crippen molar-refractivity contribution in [1.29, 1.82) is 0 Å². The SMILES string of the molecule is CC(C)(C)C[C@@H]1CO[C@@](C)(c2ccc(Cl)cc2Cl)O1.CC(C)(C)C[C@@H]1CO[C@@](Cn2cncn2)(c2ccc(Cl)cc2Cl)O1.CC(C)(C)C[C@@H]1CO[C@](C)(c2ccc(Cl)cc2Cl)O1. The largest absolute Gasteiger partial charge is 0.343 e. The molecule has 3 saturated heterocycles. The minimum Gasteiger partial charge on any atom is -0.343 e. The summed E-state index contributed by atoms with van der Waals surface area (Å²) in [6.45, 7) is 25.6. The first-order chi connectivity index (χ1) is 28.7. The fourth-order valence-corrected chi connectivity index (χ4v) is 9.54. The van der Waals surface area contributed by atoms with Crippen molar-refractivity contribution >= 4 is 69.6 Å². The molecule has 0 unspecified atom stereocenters. The normalized spacial score (nSPS) is 26.5. The third kappa shape index (κ3) is 14.4. The maximum absolute atomic E-state index is 6.43. The van der Waals surface area contributed by atoms with Crippen molar-refractivity contribution in [2.75, 3.05) is 19.8 Å². The number of aromatic nitrogens is 3. The number of hydrogen-bond acceptors (Lipinski definition) is 8. The average Bonchev–Trinajstić information content (AvgIpc) is 3.93. The predicted molar refractivity (Wildman–Crippen MR) is 250 cm³/mol. The molecule has 4 aromatic rings. The molecular formula is C47H61Cl6N3O6. The van der Waals surface area contributed by atoms with E-state index in [-0.39, 0.29) is 34.6 Å². The Hall–Kier alpha value is -1.70. The van der Waals surface area contributed by atoms with E-state index in [1.54, 1.807) is 47.4 Å². The van der Waals surface area contributed by atoms with Crippen molar-refractivity contribution in [3.8, 4) is 0 Å². The first kappa shape index (κ1) is 51.3. The lowest BCUT2D eigenvalue weighted by Gasteiger charge is -2.30. The van der Waals surface area contributed by atoms with Crippen molar-refractivity contribution in [1.82, 2.24) is 14.8 Å². The lowest BCUT2D eigenvalue weighted by molar-refractivity contribution is -0.190. The van der Waals surface area contributed by atoms with Crippen molar-refractivity contribution < 1.29 is 28.4 Å². The van der Waals surface area contributed by atoms with Gasteiger partial charge in [0, 0.05) is 31.8 Å². The van der Waals surface area contributed by atoms with E-state index in [9.17, 15) is 0 Å². The van der Waals surface area contributed by atoms with Crippen LogP contribution in [0.3, 0.4) is 0 Å². The third-order valence-corrected chi connectivity index (χ3v) is 11.9. The van der Waals surface area contributed by atoms with Crippen LogP contribution in [-0.2, 0) is 52.3 Å². The highest BCUT2D eigenvalue weighted by molar-refractivity contribution is 6.36. The zero-order valence-electron chi connectivity index (χ0n) is 37.6. The smallest absolute Gasteiger partial charge is 0.217 e. The van der Waals surface area contributed by atoms with Crippen LogP contribution in [0.1, 0.15) is 112 Å². The second-order valence-electron chi connectivity index (χ2n) is 20.1. The lowest BCUT2D eigenvalue weighted by atomic mass is 9.89. The molecule has 0 aliphatic carbocycles. The Morgan fingerprint density at radius 3 is 1.27 bits per heavy atom. The zero-order chi connectivity index (χ0) is 45.9. The molecule has 342 valence electrons. The van der Waals surface area contributed by atoms with E-state index in [4.69, 9.17) is 98.0 Å². The summed E-state index contributed by atoms with van der Waals surface area (Å²) < 4.78 is 38.1. The molecule has 4 heterocycles. The van der Waals surface area contributed by atoms with Crippen LogP contribution in [0.5, 0.6) is 0 Å². The summed E-state index contributed by atoms with van der Waals surface area (Å²) in [6, 6.07) is 16.1. The Balaban J connectivity index is 0.000000178. The fraction of sp³-hybridized carbons (Fsp3) is 0.574. The maximum atomic E-state index is 6.43. The van der Waals surface area contributed by atoms with Gasteiger partial charge in [0.05, 0.1) is 53.2 Å². The van der Waals surface area contributed by atoms with Crippen LogP contribution in [0.15, 0.2) is 67.3 Å². The fourth-order valence-electron chi connectivity index (χ4n) is 7.83. The molecule has 0 radical (unpaired) electrons. The number of rotatable bonds is 8. The first-order valence-corrected chi connectivity index (χ1v) is 23.1. The van der Waals surface area contributed by atoms with Crippen molar-refractivity contribution in [2.45, 2.75) is 138 Å². The van der Waals surface area contributed by atoms with E-state index < -0.39 is 17.4 Å². The van der Waals surface area contributed by atoms with E-state index in [0.717, 1.165) is 36.0 Å². The molecule has 15 heteroatoms. The number of halogens is 6. The number of ether oxygens (including phenoxy) is 6. The zero-order valence-corrected chi connectivity index (χ0v) is 42.1. The Labute approximate surface area is 398 Å². The summed E-state index contributed by atoms with van der Waals surface area (Å²) in [7, 11) is 0. The summed E-state index contributed by atoms with van der Waals surface area (Å²) in [4.78, 5) is 3.99. The van der Waals surface area contributed by atoms with E-state index in [1.807, 2.05) is 32.0 Å². The summed E-state index contributed by atoms with van der Waals surface area (Å²) in [5.41, 5.74) is 2.97. The molecule has 7 rings (SSSR count). The lowest BCUT2D eigenvalue weighted by Crippen LogP contribution is -2.34. The Bertz CT molecular complexity index is 2020. The molecule has 0 bridgehead atoms. The second kappa shape index (κ2) is 20.4. The van der Waals surface area contributed by atoms with Gasteiger partial charge in [-0.25, -0.2) is 9.67 Å². The van der Waals surface area contributed by atoms with E-state index >= 15 is 0 Å². The van der Waals surface area contributed by atoms with Gasteiger partial charge in [-0.3, -0.25) is 0 Å². The third-order valence-electron chi connectivity index (χ3n) is 10.3. The van der Waals surface area contributed by atoms with Gasteiger partial charge < -0.3 is 28.4 Å². The topological polar surface area (TPSA) is 86.1 Å². The molecular weight excluding hydrogens is 915 g/mol. The predicted octanol–water partition coefficient (Wildman–Crippen LogP) is 14.3. The van der Waals surface area contributed by atoms with Gasteiger partial charge in [-0.15, -0.1) is 0 Å². The van der Waals surface area contributed by atoms with E-state index in [0.29, 0.717) is 56.5 Å². The van der Waals surface area contributed by atoms with Crippen LogP contribution in [0.2, 0.25) is 30.1 Å². The van der Waals surface area contributed by atoms with Crippen molar-refractivity contribution in [3.05, 3.63) is 114 Å². The second-order valence-corrected chi connectivity index (χ2v) is 22.6. The molecule has 0 saturated carbocycles. The monoisotopic (exact) mass is 973 g/mol. The summed E-state index contributed by atoms with van der Waals surface area (Å²) in [5, 5.41) is 7.64. The molecule has 0 spiro atoms. The van der Waals surface area contributed by atoms with Crippen molar-refractivity contribution in [3.63, 3.8) is 0 Å². The maximum Gasteiger partial charge on any atom is 0.217 e. The van der Waals surface area contributed by atoms with Gasteiger partial charge in [0.15, 0.2) is 11.6 Å². The molecule has 62 heavy (non-hydrogen) atoms. The molecule has 3 aliphatic rings. The van der Waals surface area contributed by atoms with Gasteiger partial charge in [-0.1, -0.05) is 150 Å². The molecule has 1 aromatic heterocycles. The highest BCUT2D eigenvalue weighted by Gasteiger charge is 2.47. The molecule has 9 nitrogen and oxygen atoms in total.